The van der Waals surface area contributed by atoms with Crippen LogP contribution in [0.2, 0.25) is 0 Å². The van der Waals surface area contributed by atoms with E-state index >= 15 is 0 Å². The van der Waals surface area contributed by atoms with E-state index in [1.54, 1.807) is 7.11 Å². The topological polar surface area (TPSA) is 79.8 Å². The first kappa shape index (κ1) is 7.82. The normalized spacial score (nSPS) is 44.4. The highest BCUT2D eigenvalue weighted by molar-refractivity contribution is 5.00. The smallest absolute Gasteiger partial charge is 0.185 e. The van der Waals surface area contributed by atoms with Crippen LogP contribution in [0.3, 0.4) is 0 Å². The largest absolute Gasteiger partial charge is 0.364 e. The maximum Gasteiger partial charge on any atom is 0.185 e. The minimum absolute atomic E-state index is 0.000370. The summed E-state index contributed by atoms with van der Waals surface area (Å²) >= 11 is 0. The van der Waals surface area contributed by atoms with Gasteiger partial charge in [-0.1, -0.05) is 5.11 Å². The molecule has 66 valence electrons. The molecule has 0 aromatic heterocycles. The first-order valence-electron chi connectivity index (χ1n) is 3.71. The van der Waals surface area contributed by atoms with Gasteiger partial charge in [0.15, 0.2) is 6.29 Å². The van der Waals surface area contributed by atoms with E-state index < -0.39 is 0 Å². The molecule has 6 heteroatoms. The summed E-state index contributed by atoms with van der Waals surface area (Å²) in [6.45, 7) is 0.379. The predicted molar refractivity (Wildman–Crippen MR) is 38.3 cm³/mol. The fourth-order valence-corrected chi connectivity index (χ4v) is 1.42. The predicted octanol–water partition coefficient (Wildman–Crippen LogP) is 0.435. The summed E-state index contributed by atoms with van der Waals surface area (Å²) < 4.78 is 15.5. The van der Waals surface area contributed by atoms with Crippen molar-refractivity contribution in [1.82, 2.24) is 0 Å². The minimum Gasteiger partial charge on any atom is -0.364 e. The van der Waals surface area contributed by atoms with E-state index in [1.807, 2.05) is 0 Å². The van der Waals surface area contributed by atoms with Gasteiger partial charge in [0.1, 0.15) is 12.2 Å². The second kappa shape index (κ2) is 2.91. The molecule has 0 bridgehead atoms. The monoisotopic (exact) mass is 171 g/mol. The second-order valence-corrected chi connectivity index (χ2v) is 2.78. The fourth-order valence-electron chi connectivity index (χ4n) is 1.42. The van der Waals surface area contributed by atoms with Gasteiger partial charge in [-0.25, -0.2) is 0 Å². The van der Waals surface area contributed by atoms with E-state index in [0.717, 1.165) is 0 Å². The Morgan fingerprint density at radius 3 is 3.08 bits per heavy atom. The van der Waals surface area contributed by atoms with Crippen LogP contribution in [0, 0.1) is 0 Å². The second-order valence-electron chi connectivity index (χ2n) is 2.78. The highest BCUT2D eigenvalue weighted by atomic mass is 16.7. The maximum atomic E-state index is 8.19. The molecule has 2 saturated heterocycles. The van der Waals surface area contributed by atoms with Crippen molar-refractivity contribution in [1.29, 1.82) is 0 Å². The molecule has 12 heavy (non-hydrogen) atoms. The average Bonchev–Trinajstić information content (AvgIpc) is 2.85. The summed E-state index contributed by atoms with van der Waals surface area (Å²) in [5, 5.41) is 3.55. The summed E-state index contributed by atoms with van der Waals surface area (Å²) in [5.74, 6) is 0. The molecule has 4 atom stereocenters. The zero-order valence-electron chi connectivity index (χ0n) is 6.58. The lowest BCUT2D eigenvalue weighted by Crippen LogP contribution is -2.37. The molecule has 2 aliphatic rings. The Morgan fingerprint density at radius 1 is 1.58 bits per heavy atom. The van der Waals surface area contributed by atoms with Crippen LogP contribution in [0.25, 0.3) is 10.4 Å². The van der Waals surface area contributed by atoms with Crippen LogP contribution in [0.4, 0.5) is 0 Å². The van der Waals surface area contributed by atoms with Gasteiger partial charge in [-0.15, -0.1) is 0 Å². The molecular weight excluding hydrogens is 162 g/mol. The van der Waals surface area contributed by atoms with Crippen molar-refractivity contribution in [2.75, 3.05) is 13.7 Å². The van der Waals surface area contributed by atoms with Gasteiger partial charge in [-0.05, 0) is 5.53 Å². The number of azide groups is 1. The summed E-state index contributed by atoms with van der Waals surface area (Å²) in [6.07, 6.45) is -0.334. The average molecular weight is 171 g/mol. The zero-order valence-corrected chi connectivity index (χ0v) is 6.58. The van der Waals surface area contributed by atoms with E-state index in [-0.39, 0.29) is 24.5 Å². The molecule has 0 aromatic rings. The minimum atomic E-state index is -0.292. The van der Waals surface area contributed by atoms with Gasteiger partial charge >= 0.3 is 0 Å². The Kier molecular flexibility index (Phi) is 1.90. The van der Waals surface area contributed by atoms with E-state index in [4.69, 9.17) is 19.7 Å². The molecule has 0 spiro atoms. The lowest BCUT2D eigenvalue weighted by atomic mass is 10.1. The van der Waals surface area contributed by atoms with Gasteiger partial charge in [0.25, 0.3) is 0 Å². The Labute approximate surface area is 69.0 Å². The molecule has 2 heterocycles. The van der Waals surface area contributed by atoms with Gasteiger partial charge < -0.3 is 14.2 Å². The molecule has 6 nitrogen and oxygen atoms in total. The van der Waals surface area contributed by atoms with E-state index in [0.29, 0.717) is 6.61 Å². The molecule has 0 saturated carbocycles. The van der Waals surface area contributed by atoms with E-state index in [1.165, 1.54) is 0 Å². The number of epoxide rings is 1. The lowest BCUT2D eigenvalue weighted by Gasteiger charge is -2.20. The van der Waals surface area contributed by atoms with Gasteiger partial charge in [-0.3, -0.25) is 0 Å². The third kappa shape index (κ3) is 1.15. The number of nitrogens with zero attached hydrogens (tertiary/aromatic N) is 3. The van der Waals surface area contributed by atoms with Crippen LogP contribution in [0.5, 0.6) is 0 Å². The van der Waals surface area contributed by atoms with Crippen molar-refractivity contribution in [2.24, 2.45) is 5.11 Å². The lowest BCUT2D eigenvalue weighted by molar-refractivity contribution is -0.144. The van der Waals surface area contributed by atoms with Crippen LogP contribution in [-0.4, -0.2) is 38.3 Å². The van der Waals surface area contributed by atoms with Crippen molar-refractivity contribution in [3.05, 3.63) is 10.4 Å². The number of hydrogen-bond donors (Lipinski definition) is 0. The van der Waals surface area contributed by atoms with Crippen molar-refractivity contribution < 1.29 is 14.2 Å². The zero-order chi connectivity index (χ0) is 8.55. The quantitative estimate of drug-likeness (QED) is 0.261. The van der Waals surface area contributed by atoms with Gasteiger partial charge in [0.2, 0.25) is 0 Å². The number of fused-ring (bicyclic) bond motifs is 1. The molecule has 0 aromatic carbocycles. The SMILES string of the molecule is CO[C@H]1OC[C@@H](N=[N+]=[N-])[C@H]2O[C@@H]12. The Morgan fingerprint density at radius 2 is 2.42 bits per heavy atom. The fraction of sp³-hybridized carbons (Fsp3) is 1.00. The Balaban J connectivity index is 1.98. The third-order valence-electron chi connectivity index (χ3n) is 2.07. The van der Waals surface area contributed by atoms with Crippen LogP contribution >= 0.6 is 0 Å². The Bertz CT molecular complexity index is 228. The molecule has 2 aliphatic heterocycles. The third-order valence-corrected chi connectivity index (χ3v) is 2.07. The molecule has 0 N–H and O–H groups in total. The van der Waals surface area contributed by atoms with Crippen LogP contribution in [-0.2, 0) is 14.2 Å². The molecule has 2 fully saturated rings. The van der Waals surface area contributed by atoms with Crippen molar-refractivity contribution in [3.8, 4) is 0 Å². The van der Waals surface area contributed by atoms with E-state index in [2.05, 4.69) is 10.0 Å². The molecule has 0 unspecified atom stereocenters. The van der Waals surface area contributed by atoms with Crippen molar-refractivity contribution in [3.63, 3.8) is 0 Å². The molecular formula is C6H9N3O3. The van der Waals surface area contributed by atoms with Crippen LogP contribution < -0.4 is 0 Å². The molecule has 0 radical (unpaired) electrons. The highest BCUT2D eigenvalue weighted by Gasteiger charge is 2.54. The van der Waals surface area contributed by atoms with Gasteiger partial charge in [-0.2, -0.15) is 0 Å². The number of hydrogen-bond acceptors (Lipinski definition) is 4. The van der Waals surface area contributed by atoms with Crippen LogP contribution in [0.15, 0.2) is 5.11 Å². The van der Waals surface area contributed by atoms with Gasteiger partial charge in [0, 0.05) is 12.0 Å². The van der Waals surface area contributed by atoms with Gasteiger partial charge in [0.05, 0.1) is 12.6 Å². The molecule has 2 rings (SSSR count). The highest BCUT2D eigenvalue weighted by Crippen LogP contribution is 2.36. The molecule has 0 amide bonds. The summed E-state index contributed by atoms with van der Waals surface area (Å²) in [4.78, 5) is 2.71. The first-order chi connectivity index (χ1) is 5.86. The number of rotatable bonds is 2. The first-order valence-corrected chi connectivity index (χ1v) is 3.71. The summed E-state index contributed by atoms with van der Waals surface area (Å²) in [5.41, 5.74) is 8.19. The number of methoxy groups -OCH3 is 1. The summed E-state index contributed by atoms with van der Waals surface area (Å²) in [6, 6.07) is -0.189. The summed E-state index contributed by atoms with van der Waals surface area (Å²) in [7, 11) is 1.57. The number of ether oxygens (including phenoxy) is 3. The Hall–Kier alpha value is -0.810. The van der Waals surface area contributed by atoms with Crippen LogP contribution in [0.1, 0.15) is 0 Å². The maximum absolute atomic E-state index is 8.19. The molecule has 0 aliphatic carbocycles. The standard InChI is InChI=1S/C6H9N3O3/c1-10-6-5-4(12-5)3(2-11-6)8-9-7/h3-6H,2H2,1H3/t3-,4-,5-,6+/m1/s1. The van der Waals surface area contributed by atoms with Crippen molar-refractivity contribution in [2.45, 2.75) is 24.5 Å². The van der Waals surface area contributed by atoms with E-state index in [9.17, 15) is 0 Å². The van der Waals surface area contributed by atoms with Crippen molar-refractivity contribution >= 4 is 0 Å².